The number of halogens is 4. The van der Waals surface area contributed by atoms with Crippen molar-refractivity contribution >= 4 is 29.1 Å². The molecule has 0 saturated carbocycles. The maximum Gasteiger partial charge on any atom is 0.416 e. The summed E-state index contributed by atoms with van der Waals surface area (Å²) in [4.78, 5) is 23.7. The molecule has 1 atom stereocenters. The summed E-state index contributed by atoms with van der Waals surface area (Å²) in [5.74, 6) is -0.916. The minimum atomic E-state index is -4.62. The third-order valence-electron chi connectivity index (χ3n) is 6.87. The van der Waals surface area contributed by atoms with Crippen LogP contribution in [0.4, 0.5) is 23.2 Å². The number of benzene rings is 1. The molecule has 12 heteroatoms. The van der Waals surface area contributed by atoms with E-state index in [4.69, 9.17) is 5.73 Å². The Kier molecular flexibility index (Phi) is 7.17. The summed E-state index contributed by atoms with van der Waals surface area (Å²) in [5, 5.41) is 6.93. The van der Waals surface area contributed by atoms with Crippen LogP contribution in [-0.4, -0.2) is 44.1 Å². The number of aromatic amines is 1. The lowest BCUT2D eigenvalue weighted by Gasteiger charge is -2.45. The van der Waals surface area contributed by atoms with Crippen molar-refractivity contribution in [2.75, 3.05) is 13.1 Å². The number of alkyl halides is 3. The number of aryl methyl sites for hydroxylation is 1. The molecule has 0 spiro atoms. The number of piperidine rings is 1. The molecule has 3 N–H and O–H groups in total. The molecule has 2 aromatic heterocycles. The number of Topliss-reactive ketones (excluding diaryl/α,β-unsaturated/α-hetero) is 1. The van der Waals surface area contributed by atoms with E-state index in [9.17, 15) is 22.4 Å². The topological polar surface area (TPSA) is 100 Å². The summed E-state index contributed by atoms with van der Waals surface area (Å²) in [7, 11) is 0. The lowest BCUT2D eigenvalue weighted by molar-refractivity contribution is -0.137. The average Bonchev–Trinajstić information content (AvgIpc) is 3.32. The van der Waals surface area contributed by atoms with Crippen LogP contribution < -0.4 is 5.73 Å². The van der Waals surface area contributed by atoms with Gasteiger partial charge >= 0.3 is 6.18 Å². The van der Waals surface area contributed by atoms with E-state index < -0.39 is 28.8 Å². The van der Waals surface area contributed by atoms with Crippen molar-refractivity contribution in [1.29, 1.82) is 0 Å². The van der Waals surface area contributed by atoms with Crippen molar-refractivity contribution in [3.8, 4) is 0 Å². The van der Waals surface area contributed by atoms with Crippen LogP contribution in [0.15, 0.2) is 82.1 Å². The van der Waals surface area contributed by atoms with E-state index in [0.29, 0.717) is 29.9 Å². The quantitative estimate of drug-likeness (QED) is 0.234. The normalized spacial score (nSPS) is 22.1. The standard InChI is InChI=1S/C27H24F4N6OS/c1-16-24(14-34-36-16)39-37-9-7-18-10-22(35-21-4-2-20(28)3-5-21)17(13-32)12-26(18,15-37)25(38)23-11-19(6-8-33-23)27(29,30)31/h2-6,8,10-11,13-14H,7,9,12,15,32H2,1H3,(H,34,36). The van der Waals surface area contributed by atoms with E-state index in [1.165, 1.54) is 42.4 Å². The van der Waals surface area contributed by atoms with E-state index >= 15 is 0 Å². The zero-order valence-electron chi connectivity index (χ0n) is 20.8. The molecule has 1 unspecified atom stereocenters. The zero-order chi connectivity index (χ0) is 27.8. The van der Waals surface area contributed by atoms with Gasteiger partial charge in [0.25, 0.3) is 0 Å². The number of nitrogens with one attached hydrogen (secondary N) is 1. The van der Waals surface area contributed by atoms with Crippen LogP contribution in [0.1, 0.15) is 34.6 Å². The van der Waals surface area contributed by atoms with Crippen LogP contribution in [0.25, 0.3) is 0 Å². The molecule has 3 aromatic rings. The largest absolute Gasteiger partial charge is 0.416 e. The molecule has 0 radical (unpaired) electrons. The number of hydrogen-bond donors (Lipinski definition) is 2. The van der Waals surface area contributed by atoms with E-state index in [1.54, 1.807) is 12.3 Å². The molecule has 1 saturated heterocycles. The third-order valence-corrected chi connectivity index (χ3v) is 8.04. The summed E-state index contributed by atoms with van der Waals surface area (Å²) in [6.45, 7) is 2.68. The number of carbonyl (C=O) groups excluding carboxylic acids is 1. The molecule has 1 aliphatic carbocycles. The third kappa shape index (κ3) is 5.39. The summed E-state index contributed by atoms with van der Waals surface area (Å²) < 4.78 is 55.9. The van der Waals surface area contributed by atoms with Crippen LogP contribution in [0.5, 0.6) is 0 Å². The molecule has 1 aromatic carbocycles. The first-order valence-electron chi connectivity index (χ1n) is 12.1. The monoisotopic (exact) mass is 556 g/mol. The van der Waals surface area contributed by atoms with Crippen molar-refractivity contribution < 1.29 is 22.4 Å². The first kappa shape index (κ1) is 26.8. The maximum absolute atomic E-state index is 14.1. The second-order valence-corrected chi connectivity index (χ2v) is 10.6. The highest BCUT2D eigenvalue weighted by molar-refractivity contribution is 7.97. The van der Waals surface area contributed by atoms with Gasteiger partial charge in [-0.05, 0) is 86.0 Å². The number of pyridine rings is 1. The number of nitrogens with zero attached hydrogens (tertiary/aromatic N) is 4. The van der Waals surface area contributed by atoms with Crippen molar-refractivity contribution in [1.82, 2.24) is 19.5 Å². The van der Waals surface area contributed by atoms with Gasteiger partial charge in [-0.2, -0.15) is 18.3 Å². The lowest BCUT2D eigenvalue weighted by Crippen LogP contribution is -2.49. The molecular weight excluding hydrogens is 532 g/mol. The molecule has 202 valence electrons. The van der Waals surface area contributed by atoms with Crippen LogP contribution >= 0.6 is 11.9 Å². The molecule has 0 amide bonds. The predicted octanol–water partition coefficient (Wildman–Crippen LogP) is 5.80. The van der Waals surface area contributed by atoms with Crippen molar-refractivity contribution in [3.63, 3.8) is 0 Å². The van der Waals surface area contributed by atoms with Gasteiger partial charge in [-0.1, -0.05) is 5.57 Å². The van der Waals surface area contributed by atoms with E-state index in [2.05, 4.69) is 20.2 Å². The Labute approximate surface area is 226 Å². The number of ketones is 1. The molecule has 7 nitrogen and oxygen atoms in total. The van der Waals surface area contributed by atoms with Gasteiger partial charge in [0.1, 0.15) is 11.5 Å². The second-order valence-electron chi connectivity index (χ2n) is 9.41. The van der Waals surface area contributed by atoms with Crippen molar-refractivity contribution in [3.05, 3.63) is 95.0 Å². The zero-order valence-corrected chi connectivity index (χ0v) is 21.6. The van der Waals surface area contributed by atoms with Gasteiger partial charge in [-0.15, -0.1) is 0 Å². The maximum atomic E-state index is 14.1. The summed E-state index contributed by atoms with van der Waals surface area (Å²) in [6.07, 6.45) is 1.80. The lowest BCUT2D eigenvalue weighted by atomic mass is 9.64. The highest BCUT2D eigenvalue weighted by Crippen LogP contribution is 2.48. The highest BCUT2D eigenvalue weighted by atomic mass is 32.2. The van der Waals surface area contributed by atoms with Gasteiger partial charge in [0.05, 0.1) is 33.5 Å². The SMILES string of the molecule is Cc1[nH]ncc1SN1CCC2=CC(=Nc3ccc(F)cc3)C(=CN)CC2(C(=O)c2cc(C(F)(F)F)ccn2)C1. The Bertz CT molecular complexity index is 1490. The Balaban J connectivity index is 1.59. The van der Waals surface area contributed by atoms with E-state index in [-0.39, 0.29) is 18.7 Å². The number of carbonyl (C=O) groups is 1. The smallest absolute Gasteiger partial charge is 0.404 e. The summed E-state index contributed by atoms with van der Waals surface area (Å²) in [6, 6.07) is 7.29. The number of fused-ring (bicyclic) bond motifs is 1. The molecule has 5 rings (SSSR count). The van der Waals surface area contributed by atoms with Crippen LogP contribution in [0, 0.1) is 18.2 Å². The fourth-order valence-corrected chi connectivity index (χ4v) is 5.87. The fourth-order valence-electron chi connectivity index (χ4n) is 4.85. The summed E-state index contributed by atoms with van der Waals surface area (Å²) >= 11 is 1.43. The van der Waals surface area contributed by atoms with Crippen LogP contribution in [-0.2, 0) is 6.18 Å². The number of allylic oxidation sites excluding steroid dienone is 2. The Hall–Kier alpha value is -3.77. The number of aliphatic imine (C=N–C) groups is 1. The van der Waals surface area contributed by atoms with Gasteiger partial charge in [0.15, 0.2) is 5.78 Å². The molecule has 39 heavy (non-hydrogen) atoms. The molecule has 0 bridgehead atoms. The number of aromatic nitrogens is 3. The Morgan fingerprint density at radius 1 is 1.26 bits per heavy atom. The molecule has 1 aliphatic heterocycles. The van der Waals surface area contributed by atoms with Crippen LogP contribution in [0.3, 0.4) is 0 Å². The molecule has 1 fully saturated rings. The van der Waals surface area contributed by atoms with Gasteiger partial charge < -0.3 is 5.73 Å². The van der Waals surface area contributed by atoms with E-state index in [1.807, 2.05) is 11.2 Å². The number of hydrogen-bond acceptors (Lipinski definition) is 7. The molecular formula is C27H24F4N6OS. The second kappa shape index (κ2) is 10.4. The Morgan fingerprint density at radius 2 is 2.03 bits per heavy atom. The fraction of sp³-hybridized carbons (Fsp3) is 0.259. The molecule has 3 heterocycles. The average molecular weight is 557 g/mol. The number of nitrogens with two attached hydrogens (primary N) is 1. The van der Waals surface area contributed by atoms with Crippen molar-refractivity contribution in [2.45, 2.75) is 30.8 Å². The minimum Gasteiger partial charge on any atom is -0.404 e. The molecule has 2 aliphatic rings. The van der Waals surface area contributed by atoms with Gasteiger partial charge in [0, 0.05) is 25.0 Å². The van der Waals surface area contributed by atoms with E-state index in [0.717, 1.165) is 34.5 Å². The van der Waals surface area contributed by atoms with Gasteiger partial charge in [0.2, 0.25) is 0 Å². The number of rotatable bonds is 5. The first-order valence-corrected chi connectivity index (χ1v) is 12.8. The summed E-state index contributed by atoms with van der Waals surface area (Å²) in [5.41, 5.74) is 6.75. The highest BCUT2D eigenvalue weighted by Gasteiger charge is 2.50. The van der Waals surface area contributed by atoms with Crippen molar-refractivity contribution in [2.24, 2.45) is 16.1 Å². The first-order chi connectivity index (χ1) is 18.6. The number of H-pyrrole nitrogens is 1. The minimum absolute atomic E-state index is 0.119. The van der Waals surface area contributed by atoms with Crippen LogP contribution in [0.2, 0.25) is 0 Å². The predicted molar refractivity (Wildman–Crippen MR) is 140 cm³/mol. The van der Waals surface area contributed by atoms with Gasteiger partial charge in [-0.25, -0.2) is 13.7 Å². The van der Waals surface area contributed by atoms with Gasteiger partial charge in [-0.3, -0.25) is 14.9 Å². The Morgan fingerprint density at radius 3 is 2.69 bits per heavy atom.